The Bertz CT molecular complexity index is 384. The molecule has 1 aliphatic carbocycles. The van der Waals surface area contributed by atoms with Gasteiger partial charge in [0, 0.05) is 5.92 Å². The van der Waals surface area contributed by atoms with Crippen LogP contribution in [0.4, 0.5) is 5.69 Å². The van der Waals surface area contributed by atoms with E-state index in [1.54, 1.807) is 0 Å². The molecule has 1 aromatic heterocycles. The van der Waals surface area contributed by atoms with E-state index in [9.17, 15) is 4.79 Å². The van der Waals surface area contributed by atoms with Crippen molar-refractivity contribution in [1.29, 1.82) is 0 Å². The van der Waals surface area contributed by atoms with Gasteiger partial charge in [0.25, 0.3) is 0 Å². The Labute approximate surface area is 109 Å². The lowest BCUT2D eigenvalue weighted by Gasteiger charge is -2.21. The first kappa shape index (κ1) is 13.1. The number of hydrogen-bond acceptors (Lipinski definition) is 2. The number of rotatable bonds is 4. The lowest BCUT2D eigenvalue weighted by Crippen LogP contribution is -2.25. The number of aromatic nitrogens is 2. The molecule has 1 aliphatic rings. The van der Waals surface area contributed by atoms with Crippen LogP contribution < -0.4 is 5.32 Å². The topological polar surface area (TPSA) is 57.8 Å². The number of hydrogen-bond donors (Lipinski definition) is 2. The quantitative estimate of drug-likeness (QED) is 0.861. The van der Waals surface area contributed by atoms with E-state index in [0.717, 1.165) is 42.8 Å². The van der Waals surface area contributed by atoms with Gasteiger partial charge >= 0.3 is 0 Å². The number of nitrogens with one attached hydrogen (secondary N) is 2. The highest BCUT2D eigenvalue weighted by atomic mass is 16.1. The lowest BCUT2D eigenvalue weighted by atomic mass is 9.88. The predicted octanol–water partition coefficient (Wildman–Crippen LogP) is 3.05. The zero-order valence-electron chi connectivity index (χ0n) is 11.4. The summed E-state index contributed by atoms with van der Waals surface area (Å²) in [5.74, 6) is 0.378. The Morgan fingerprint density at radius 1 is 1.28 bits per heavy atom. The number of carbonyl (C=O) groups excluding carboxylic acids is 1. The van der Waals surface area contributed by atoms with E-state index in [4.69, 9.17) is 0 Å². The lowest BCUT2D eigenvalue weighted by molar-refractivity contribution is -0.120. The van der Waals surface area contributed by atoms with E-state index in [-0.39, 0.29) is 11.8 Å². The van der Waals surface area contributed by atoms with Crippen LogP contribution in [0.2, 0.25) is 0 Å². The summed E-state index contributed by atoms with van der Waals surface area (Å²) in [6, 6.07) is 0. The molecule has 0 radical (unpaired) electrons. The van der Waals surface area contributed by atoms with E-state index < -0.39 is 0 Å². The van der Waals surface area contributed by atoms with E-state index in [1.807, 2.05) is 0 Å². The van der Waals surface area contributed by atoms with Gasteiger partial charge in [-0.1, -0.05) is 33.1 Å². The molecule has 1 heterocycles. The fourth-order valence-corrected chi connectivity index (χ4v) is 2.67. The van der Waals surface area contributed by atoms with Crippen molar-refractivity contribution in [1.82, 2.24) is 10.2 Å². The first-order valence-electron chi connectivity index (χ1n) is 7.13. The molecule has 0 aromatic carbocycles. The van der Waals surface area contributed by atoms with Gasteiger partial charge < -0.3 is 5.32 Å². The molecule has 2 rings (SSSR count). The molecule has 0 aliphatic heterocycles. The summed E-state index contributed by atoms with van der Waals surface area (Å²) in [5, 5.41) is 10.4. The molecule has 2 N–H and O–H groups in total. The molecule has 0 atom stereocenters. The van der Waals surface area contributed by atoms with Gasteiger partial charge in [0.15, 0.2) is 0 Å². The summed E-state index contributed by atoms with van der Waals surface area (Å²) >= 11 is 0. The molecule has 0 saturated heterocycles. The summed E-state index contributed by atoms with van der Waals surface area (Å²) in [7, 11) is 0. The number of carbonyl (C=O) groups is 1. The third-order valence-electron chi connectivity index (χ3n) is 3.83. The summed E-state index contributed by atoms with van der Waals surface area (Å²) in [6.45, 7) is 4.13. The molecule has 0 spiro atoms. The second kappa shape index (κ2) is 6.03. The van der Waals surface area contributed by atoms with E-state index >= 15 is 0 Å². The average Bonchev–Trinajstić information content (AvgIpc) is 2.81. The van der Waals surface area contributed by atoms with E-state index in [2.05, 4.69) is 29.4 Å². The van der Waals surface area contributed by atoms with Crippen molar-refractivity contribution < 1.29 is 4.79 Å². The van der Waals surface area contributed by atoms with Crippen LogP contribution in [-0.4, -0.2) is 16.1 Å². The van der Waals surface area contributed by atoms with Gasteiger partial charge in [-0.05, 0) is 25.7 Å². The number of anilines is 1. The Kier molecular flexibility index (Phi) is 4.39. The smallest absolute Gasteiger partial charge is 0.227 e. The highest BCUT2D eigenvalue weighted by Gasteiger charge is 2.23. The predicted molar refractivity (Wildman–Crippen MR) is 72.5 cm³/mol. The van der Waals surface area contributed by atoms with Crippen LogP contribution in [0.1, 0.15) is 57.3 Å². The molecule has 0 unspecified atom stereocenters. The first-order valence-corrected chi connectivity index (χ1v) is 7.13. The van der Waals surface area contributed by atoms with Gasteiger partial charge in [-0.2, -0.15) is 5.10 Å². The second-order valence-corrected chi connectivity index (χ2v) is 5.06. The molecule has 1 aromatic rings. The number of aromatic amines is 1. The number of amides is 1. The van der Waals surface area contributed by atoms with Crippen LogP contribution in [-0.2, 0) is 17.6 Å². The number of aryl methyl sites for hydroxylation is 2. The van der Waals surface area contributed by atoms with Crippen LogP contribution in [0.5, 0.6) is 0 Å². The molecule has 1 fully saturated rings. The minimum atomic E-state index is 0.181. The van der Waals surface area contributed by atoms with E-state index in [0.29, 0.717) is 0 Å². The second-order valence-electron chi connectivity index (χ2n) is 5.06. The maximum Gasteiger partial charge on any atom is 0.227 e. The van der Waals surface area contributed by atoms with Crippen LogP contribution >= 0.6 is 0 Å². The zero-order valence-corrected chi connectivity index (χ0v) is 11.4. The molecule has 0 bridgehead atoms. The van der Waals surface area contributed by atoms with Crippen LogP contribution in [0.15, 0.2) is 0 Å². The van der Waals surface area contributed by atoms with Crippen molar-refractivity contribution in [3.05, 3.63) is 11.4 Å². The first-order chi connectivity index (χ1) is 8.76. The summed E-state index contributed by atoms with van der Waals surface area (Å²) in [4.78, 5) is 12.2. The van der Waals surface area contributed by atoms with Gasteiger partial charge in [-0.25, -0.2) is 0 Å². The molecule has 1 saturated carbocycles. The van der Waals surface area contributed by atoms with Gasteiger partial charge in [0.05, 0.1) is 17.1 Å². The maximum atomic E-state index is 12.2. The minimum Gasteiger partial charge on any atom is -0.323 e. The Morgan fingerprint density at radius 3 is 2.61 bits per heavy atom. The average molecular weight is 249 g/mol. The third kappa shape index (κ3) is 2.74. The van der Waals surface area contributed by atoms with Gasteiger partial charge in [-0.3, -0.25) is 9.89 Å². The Hall–Kier alpha value is -1.32. The number of H-pyrrole nitrogens is 1. The van der Waals surface area contributed by atoms with Crippen LogP contribution in [0.25, 0.3) is 0 Å². The maximum absolute atomic E-state index is 12.2. The van der Waals surface area contributed by atoms with E-state index in [1.165, 1.54) is 19.3 Å². The van der Waals surface area contributed by atoms with Gasteiger partial charge in [-0.15, -0.1) is 0 Å². The van der Waals surface area contributed by atoms with Crippen molar-refractivity contribution in [3.8, 4) is 0 Å². The highest BCUT2D eigenvalue weighted by molar-refractivity contribution is 5.93. The molecule has 100 valence electrons. The monoisotopic (exact) mass is 249 g/mol. The van der Waals surface area contributed by atoms with Crippen molar-refractivity contribution in [2.75, 3.05) is 5.32 Å². The van der Waals surface area contributed by atoms with Gasteiger partial charge in [0.1, 0.15) is 0 Å². The molecule has 18 heavy (non-hydrogen) atoms. The fourth-order valence-electron chi connectivity index (χ4n) is 2.67. The standard InChI is InChI=1S/C14H23N3O/c1-3-11-13(12(4-2)17-16-11)15-14(18)10-8-6-5-7-9-10/h10H,3-9H2,1-2H3,(H,15,18)(H,16,17). The number of nitrogens with zero attached hydrogens (tertiary/aromatic N) is 1. The Balaban J connectivity index is 2.07. The highest BCUT2D eigenvalue weighted by Crippen LogP contribution is 2.26. The third-order valence-corrected chi connectivity index (χ3v) is 3.83. The van der Waals surface area contributed by atoms with Crippen molar-refractivity contribution >= 4 is 11.6 Å². The summed E-state index contributed by atoms with van der Waals surface area (Å²) in [5.41, 5.74) is 2.93. The largest absolute Gasteiger partial charge is 0.323 e. The normalized spacial score (nSPS) is 16.8. The fraction of sp³-hybridized carbons (Fsp3) is 0.714. The zero-order chi connectivity index (χ0) is 13.0. The molecule has 4 nitrogen and oxygen atoms in total. The summed E-state index contributed by atoms with van der Waals surface area (Å²) < 4.78 is 0. The molecular weight excluding hydrogens is 226 g/mol. The minimum absolute atomic E-state index is 0.181. The van der Waals surface area contributed by atoms with Crippen molar-refractivity contribution in [3.63, 3.8) is 0 Å². The summed E-state index contributed by atoms with van der Waals surface area (Å²) in [6.07, 6.45) is 7.43. The molecular formula is C14H23N3O. The van der Waals surface area contributed by atoms with Gasteiger partial charge in [0.2, 0.25) is 5.91 Å². The SMILES string of the molecule is CCc1n[nH]c(CC)c1NC(=O)C1CCCCC1. The van der Waals surface area contributed by atoms with Crippen molar-refractivity contribution in [2.24, 2.45) is 5.92 Å². The molecule has 1 amide bonds. The van der Waals surface area contributed by atoms with Crippen LogP contribution in [0, 0.1) is 5.92 Å². The van der Waals surface area contributed by atoms with Crippen LogP contribution in [0.3, 0.4) is 0 Å². The molecule has 4 heteroatoms. The van der Waals surface area contributed by atoms with Crippen molar-refractivity contribution in [2.45, 2.75) is 58.8 Å². The Morgan fingerprint density at radius 2 is 2.00 bits per heavy atom.